The summed E-state index contributed by atoms with van der Waals surface area (Å²) in [5, 5.41) is 0. The molecule has 0 amide bonds. The molecule has 0 N–H and O–H groups in total. The average Bonchev–Trinajstić information content (AvgIpc) is 1.28. The Morgan fingerprint density at radius 3 is 0.922 bits per heavy atom. The van der Waals surface area contributed by atoms with E-state index in [0.717, 1.165) is 156 Å². The summed E-state index contributed by atoms with van der Waals surface area (Å²) in [4.78, 5) is 23.1. The van der Waals surface area contributed by atoms with E-state index >= 15 is 0 Å². The normalized spacial score (nSPS) is 13.4. The number of rotatable bonds is 10. The number of ether oxygens (including phenoxy) is 2. The van der Waals surface area contributed by atoms with Gasteiger partial charge in [0.25, 0.3) is 13.4 Å². The monoisotopic (exact) mass is 1170 g/mol. The molecule has 0 radical (unpaired) electrons. The first kappa shape index (κ1) is 54.6. The van der Waals surface area contributed by atoms with Gasteiger partial charge in [-0.25, -0.2) is 19.9 Å². The number of aromatic nitrogens is 6. The molecule has 6 aromatic heterocycles. The van der Waals surface area contributed by atoms with Gasteiger partial charge in [0.1, 0.15) is 45.1 Å². The summed E-state index contributed by atoms with van der Waals surface area (Å²) in [5.41, 5.74) is 31.4. The van der Waals surface area contributed by atoms with Gasteiger partial charge < -0.3 is 18.6 Å². The second-order valence-electron chi connectivity index (χ2n) is 27.7. The van der Waals surface area contributed by atoms with E-state index in [1.807, 2.05) is 0 Å². The SMILES string of the molecule is CC(C)c1ccc(-c2ccc3c(n2)c2nc(-c4ccc(C(C)C)cc4)cc4c2n3-c2c3c5c(c6c2B4c2cc(C(C)C)ccc2O6)-n2c4ccc(-c6ccc(C(C)C)cc6)nc4c4nc(-c6ccc(C(C)C)cc6)cc(c42)B5c2cc(C(C)C)ccc2O3)cc1. The topological polar surface area (TPSA) is 79.9 Å². The van der Waals surface area contributed by atoms with Gasteiger partial charge in [0.15, 0.2) is 0 Å². The fraction of sp³-hybridized carbons (Fsp3) is 0.225. The lowest BCUT2D eigenvalue weighted by Crippen LogP contribution is -2.63. The molecule has 0 atom stereocenters. The highest BCUT2D eigenvalue weighted by molar-refractivity contribution is 7.02. The minimum atomic E-state index is -0.309. The third-order valence-corrected chi connectivity index (χ3v) is 20.2. The molecule has 4 aliphatic rings. The first-order valence-corrected chi connectivity index (χ1v) is 32.6. The van der Waals surface area contributed by atoms with Crippen molar-refractivity contribution in [3.8, 4) is 79.4 Å². The summed E-state index contributed by atoms with van der Waals surface area (Å²) in [6.07, 6.45) is 0. The van der Waals surface area contributed by atoms with Crippen LogP contribution < -0.4 is 42.3 Å². The zero-order chi connectivity index (χ0) is 61.4. The second kappa shape index (κ2) is 20.0. The van der Waals surface area contributed by atoms with E-state index in [9.17, 15) is 0 Å². The Morgan fingerprint density at radius 2 is 0.600 bits per heavy atom. The zero-order valence-corrected chi connectivity index (χ0v) is 53.3. The molecule has 90 heavy (non-hydrogen) atoms. The Bertz CT molecular complexity index is 4860. The van der Waals surface area contributed by atoms with Crippen LogP contribution in [0.2, 0.25) is 0 Å². The molecule has 0 unspecified atom stereocenters. The third-order valence-electron chi connectivity index (χ3n) is 20.2. The van der Waals surface area contributed by atoms with Crippen LogP contribution in [0, 0.1) is 0 Å². The minimum Gasteiger partial charge on any atom is -0.456 e. The van der Waals surface area contributed by atoms with Gasteiger partial charge in [-0.1, -0.05) is 204 Å². The van der Waals surface area contributed by atoms with Crippen molar-refractivity contribution in [3.05, 3.63) is 203 Å². The molecule has 0 saturated carbocycles. The number of nitrogens with zero attached hydrogens (tertiary/aromatic N) is 6. The summed E-state index contributed by atoms with van der Waals surface area (Å²) in [6, 6.07) is 63.3. The molecule has 0 fully saturated rings. The van der Waals surface area contributed by atoms with Gasteiger partial charge in [0.05, 0.1) is 56.2 Å². The van der Waals surface area contributed by atoms with Crippen LogP contribution in [0.3, 0.4) is 0 Å². The fourth-order valence-corrected chi connectivity index (χ4v) is 15.0. The molecule has 0 saturated heterocycles. The van der Waals surface area contributed by atoms with Crippen molar-refractivity contribution in [2.45, 2.75) is 119 Å². The van der Waals surface area contributed by atoms with E-state index in [4.69, 9.17) is 29.4 Å². The molecule has 4 aliphatic heterocycles. The van der Waals surface area contributed by atoms with Crippen LogP contribution in [0.4, 0.5) is 0 Å². The molecule has 17 rings (SSSR count). The van der Waals surface area contributed by atoms with Gasteiger partial charge in [-0.05, 0) is 139 Å². The highest BCUT2D eigenvalue weighted by atomic mass is 16.5. The molecule has 438 valence electrons. The lowest BCUT2D eigenvalue weighted by molar-refractivity contribution is 0.472. The Kier molecular flexibility index (Phi) is 12.1. The van der Waals surface area contributed by atoms with E-state index in [0.29, 0.717) is 23.7 Å². The summed E-state index contributed by atoms with van der Waals surface area (Å²) in [7, 11) is 0. The largest absolute Gasteiger partial charge is 0.456 e. The number of pyridine rings is 4. The minimum absolute atomic E-state index is 0.268. The van der Waals surface area contributed by atoms with Crippen molar-refractivity contribution >= 4 is 90.3 Å². The number of hydrogen-bond donors (Lipinski definition) is 0. The zero-order valence-electron chi connectivity index (χ0n) is 53.3. The summed E-state index contributed by atoms with van der Waals surface area (Å²) in [6.45, 7) is 26.5. The van der Waals surface area contributed by atoms with Crippen molar-refractivity contribution in [1.29, 1.82) is 0 Å². The van der Waals surface area contributed by atoms with E-state index < -0.39 is 0 Å². The van der Waals surface area contributed by atoms with E-state index in [-0.39, 0.29) is 25.3 Å². The van der Waals surface area contributed by atoms with Crippen LogP contribution in [0.25, 0.3) is 101 Å². The number of benzene rings is 7. The average molecular weight is 1170 g/mol. The van der Waals surface area contributed by atoms with Crippen LogP contribution in [-0.4, -0.2) is 42.5 Å². The first-order chi connectivity index (χ1) is 43.6. The predicted molar refractivity (Wildman–Crippen MR) is 375 cm³/mol. The number of hydrogen-bond acceptors (Lipinski definition) is 6. The van der Waals surface area contributed by atoms with Gasteiger partial charge in [-0.15, -0.1) is 0 Å². The van der Waals surface area contributed by atoms with Gasteiger partial charge >= 0.3 is 0 Å². The lowest BCUT2D eigenvalue weighted by Gasteiger charge is -2.41. The quantitative estimate of drug-likeness (QED) is 0.127. The Labute approximate surface area is 527 Å². The van der Waals surface area contributed by atoms with Gasteiger partial charge in [-0.2, -0.15) is 0 Å². The number of fused-ring (bicyclic) bond motifs is 16. The van der Waals surface area contributed by atoms with Crippen molar-refractivity contribution in [2.24, 2.45) is 0 Å². The smallest absolute Gasteiger partial charge is 0.256 e. The molecule has 0 spiro atoms. The summed E-state index contributed by atoms with van der Waals surface area (Å²) < 4.78 is 20.7. The van der Waals surface area contributed by atoms with Crippen LogP contribution in [0.5, 0.6) is 23.0 Å². The predicted octanol–water partition coefficient (Wildman–Crippen LogP) is 16.7. The van der Waals surface area contributed by atoms with E-state index in [2.05, 4.69) is 262 Å². The standard InChI is InChI=1S/C80H70B2N6O2/c1-41(2)47-13-21-51(22-14-47)61-31-33-65-71(83-61)73-75-59(39-63(85-73)53-25-17-49(18-26-53)43(5)6)81-57-37-55(45(9)10)29-35-67(57)90-80-69(81)77(87(65)75)79-70-78(80)88-66-34-32-62(52-23-15-48(16-24-52)42(3)4)84-72(66)74-76(88)60(40-64(86-74)54-27-19-50(20-28-54)44(7)8)82(70)58-38-56(46(11)12)30-36-68(58)89-79/h13-46H,1-12H3. The molecule has 8 nitrogen and oxygen atoms in total. The molecule has 10 heteroatoms. The fourth-order valence-electron chi connectivity index (χ4n) is 15.0. The van der Waals surface area contributed by atoms with Crippen LogP contribution in [0.15, 0.2) is 170 Å². The third kappa shape index (κ3) is 8.01. The van der Waals surface area contributed by atoms with Crippen LogP contribution in [-0.2, 0) is 0 Å². The highest BCUT2D eigenvalue weighted by Gasteiger charge is 2.51. The van der Waals surface area contributed by atoms with Crippen molar-refractivity contribution in [3.63, 3.8) is 0 Å². The molecular weight excluding hydrogens is 1100 g/mol. The Balaban J connectivity index is 1.03. The molecule has 7 aromatic carbocycles. The lowest BCUT2D eigenvalue weighted by atomic mass is 9.31. The molecule has 0 bridgehead atoms. The van der Waals surface area contributed by atoms with Gasteiger partial charge in [0, 0.05) is 33.2 Å². The van der Waals surface area contributed by atoms with Gasteiger partial charge in [-0.3, -0.25) is 0 Å². The summed E-state index contributed by atoms with van der Waals surface area (Å²) in [5.74, 6) is 5.40. The van der Waals surface area contributed by atoms with Crippen molar-refractivity contribution < 1.29 is 9.47 Å². The highest BCUT2D eigenvalue weighted by Crippen LogP contribution is 2.49. The molecule has 10 heterocycles. The van der Waals surface area contributed by atoms with Gasteiger partial charge in [0.2, 0.25) is 0 Å². The molecule has 0 aliphatic carbocycles. The maximum Gasteiger partial charge on any atom is 0.256 e. The Hall–Kier alpha value is -9.53. The second-order valence-corrected chi connectivity index (χ2v) is 27.7. The maximum atomic E-state index is 7.88. The Morgan fingerprint density at radius 1 is 0.300 bits per heavy atom. The van der Waals surface area contributed by atoms with Crippen molar-refractivity contribution in [2.75, 3.05) is 0 Å². The molecular formula is C80H70B2N6O2. The van der Waals surface area contributed by atoms with Crippen LogP contribution in [0.1, 0.15) is 152 Å². The molecule has 13 aromatic rings. The van der Waals surface area contributed by atoms with E-state index in [1.165, 1.54) is 33.4 Å². The summed E-state index contributed by atoms with van der Waals surface area (Å²) >= 11 is 0. The van der Waals surface area contributed by atoms with Crippen LogP contribution >= 0.6 is 0 Å². The maximum absolute atomic E-state index is 7.88. The van der Waals surface area contributed by atoms with E-state index in [1.54, 1.807) is 0 Å². The first-order valence-electron chi connectivity index (χ1n) is 32.6. The van der Waals surface area contributed by atoms with Crippen molar-refractivity contribution in [1.82, 2.24) is 29.1 Å².